The molecular weight excluding hydrogens is 440 g/mol. The highest BCUT2D eigenvalue weighted by Gasteiger charge is 2.08. The van der Waals surface area contributed by atoms with Crippen LogP contribution in [0.4, 0.5) is 0 Å². The number of benzene rings is 2. The summed E-state index contributed by atoms with van der Waals surface area (Å²) in [6, 6.07) is 15.5. The van der Waals surface area contributed by atoms with Gasteiger partial charge in [-0.05, 0) is 69.4 Å². The Hall–Kier alpha value is -0.810. The van der Waals surface area contributed by atoms with Crippen LogP contribution >= 0.6 is 45.2 Å². The van der Waals surface area contributed by atoms with Crippen molar-refractivity contribution in [3.63, 3.8) is 0 Å². The monoisotopic (exact) mass is 447 g/mol. The van der Waals surface area contributed by atoms with Gasteiger partial charge in [0, 0.05) is 3.57 Å². The first kappa shape index (κ1) is 12.6. The second kappa shape index (κ2) is 5.69. The molecule has 0 saturated heterocycles. The van der Waals surface area contributed by atoms with E-state index in [0.29, 0.717) is 5.56 Å². The number of nitriles is 1. The van der Waals surface area contributed by atoms with Gasteiger partial charge < -0.3 is 4.74 Å². The third kappa shape index (κ3) is 3.10. The Morgan fingerprint density at radius 3 is 2.35 bits per heavy atom. The van der Waals surface area contributed by atoms with E-state index in [1.54, 1.807) is 0 Å². The lowest BCUT2D eigenvalue weighted by Gasteiger charge is -2.08. The lowest BCUT2D eigenvalue weighted by molar-refractivity contribution is 0.479. The molecule has 0 aliphatic heterocycles. The molecule has 0 atom stereocenters. The first-order chi connectivity index (χ1) is 8.20. The van der Waals surface area contributed by atoms with Crippen LogP contribution in [0.2, 0.25) is 0 Å². The molecule has 0 radical (unpaired) electrons. The van der Waals surface area contributed by atoms with Gasteiger partial charge in [0.25, 0.3) is 0 Å². The van der Waals surface area contributed by atoms with Crippen LogP contribution in [0.3, 0.4) is 0 Å². The number of rotatable bonds is 2. The highest BCUT2D eigenvalue weighted by Crippen LogP contribution is 2.30. The summed E-state index contributed by atoms with van der Waals surface area (Å²) < 4.78 is 7.60. The molecule has 2 aromatic rings. The smallest absolute Gasteiger partial charge is 0.141 e. The quantitative estimate of drug-likeness (QED) is 0.633. The van der Waals surface area contributed by atoms with Gasteiger partial charge in [-0.15, -0.1) is 0 Å². The fraction of sp³-hybridized carbons (Fsp3) is 0. The van der Waals surface area contributed by atoms with Crippen molar-refractivity contribution in [2.24, 2.45) is 0 Å². The molecule has 0 spiro atoms. The Morgan fingerprint density at radius 2 is 1.71 bits per heavy atom. The van der Waals surface area contributed by atoms with Crippen molar-refractivity contribution >= 4 is 45.2 Å². The van der Waals surface area contributed by atoms with Crippen LogP contribution in [-0.2, 0) is 0 Å². The van der Waals surface area contributed by atoms with Gasteiger partial charge in [-0.25, -0.2) is 0 Å². The minimum Gasteiger partial charge on any atom is -0.456 e. The molecule has 2 rings (SSSR count). The van der Waals surface area contributed by atoms with Crippen molar-refractivity contribution in [2.45, 2.75) is 0 Å². The Morgan fingerprint density at radius 1 is 1.00 bits per heavy atom. The standard InChI is InChI=1S/C13H7I2NO/c14-11-7-13(12(15)6-9(11)8-16)17-10-4-2-1-3-5-10/h1-7H. The van der Waals surface area contributed by atoms with Crippen LogP contribution in [0.5, 0.6) is 11.5 Å². The van der Waals surface area contributed by atoms with E-state index in [2.05, 4.69) is 51.3 Å². The molecule has 0 aliphatic rings. The zero-order chi connectivity index (χ0) is 12.3. The van der Waals surface area contributed by atoms with Gasteiger partial charge in [0.1, 0.15) is 17.6 Å². The summed E-state index contributed by atoms with van der Waals surface area (Å²) in [5.74, 6) is 1.58. The number of halogens is 2. The summed E-state index contributed by atoms with van der Waals surface area (Å²) in [6.45, 7) is 0. The van der Waals surface area contributed by atoms with Crippen LogP contribution in [-0.4, -0.2) is 0 Å². The fourth-order valence-electron chi connectivity index (χ4n) is 1.31. The second-order valence-corrected chi connectivity index (χ2v) is 5.61. The lowest BCUT2D eigenvalue weighted by Crippen LogP contribution is -1.91. The van der Waals surface area contributed by atoms with Gasteiger partial charge >= 0.3 is 0 Å². The Labute approximate surface area is 127 Å². The van der Waals surface area contributed by atoms with Crippen LogP contribution < -0.4 is 4.74 Å². The first-order valence-corrected chi connectivity index (χ1v) is 6.98. The van der Waals surface area contributed by atoms with E-state index < -0.39 is 0 Å². The maximum Gasteiger partial charge on any atom is 0.141 e. The topological polar surface area (TPSA) is 33.0 Å². The molecule has 0 bridgehead atoms. The van der Waals surface area contributed by atoms with Gasteiger partial charge in [-0.2, -0.15) is 5.26 Å². The zero-order valence-electron chi connectivity index (χ0n) is 8.65. The largest absolute Gasteiger partial charge is 0.456 e. The SMILES string of the molecule is N#Cc1cc(I)c(Oc2ccccc2)cc1I. The van der Waals surface area contributed by atoms with Crippen molar-refractivity contribution in [1.29, 1.82) is 5.26 Å². The molecule has 0 unspecified atom stereocenters. The molecule has 2 nitrogen and oxygen atoms in total. The molecule has 0 heterocycles. The number of hydrogen-bond acceptors (Lipinski definition) is 2. The summed E-state index contributed by atoms with van der Waals surface area (Å²) in [4.78, 5) is 0. The van der Waals surface area contributed by atoms with Crippen molar-refractivity contribution in [2.75, 3.05) is 0 Å². The predicted molar refractivity (Wildman–Crippen MR) is 83.1 cm³/mol. The molecule has 0 N–H and O–H groups in total. The maximum absolute atomic E-state index is 8.92. The maximum atomic E-state index is 8.92. The van der Waals surface area contributed by atoms with E-state index >= 15 is 0 Å². The minimum absolute atomic E-state index is 0.676. The third-order valence-electron chi connectivity index (χ3n) is 2.11. The highest BCUT2D eigenvalue weighted by molar-refractivity contribution is 14.1. The summed E-state index contributed by atoms with van der Waals surface area (Å²) in [5.41, 5.74) is 0.676. The lowest BCUT2D eigenvalue weighted by atomic mass is 10.2. The van der Waals surface area contributed by atoms with E-state index in [9.17, 15) is 0 Å². The number of nitrogens with zero attached hydrogens (tertiary/aromatic N) is 1. The molecule has 17 heavy (non-hydrogen) atoms. The van der Waals surface area contributed by atoms with Crippen LogP contribution in [0, 0.1) is 18.5 Å². The van der Waals surface area contributed by atoms with E-state index in [1.807, 2.05) is 42.5 Å². The molecule has 0 amide bonds. The van der Waals surface area contributed by atoms with Gasteiger partial charge in [0.05, 0.1) is 9.13 Å². The molecule has 4 heteroatoms. The third-order valence-corrected chi connectivity index (χ3v) is 3.85. The summed E-state index contributed by atoms with van der Waals surface area (Å²) in [5, 5.41) is 8.92. The average Bonchev–Trinajstić information content (AvgIpc) is 2.34. The molecule has 0 aliphatic carbocycles. The van der Waals surface area contributed by atoms with E-state index in [-0.39, 0.29) is 0 Å². The van der Waals surface area contributed by atoms with Gasteiger partial charge in [0.15, 0.2) is 0 Å². The van der Waals surface area contributed by atoms with E-state index in [1.165, 1.54) is 0 Å². The Bertz CT molecular complexity index is 576. The summed E-state index contributed by atoms with van der Waals surface area (Å²) >= 11 is 4.31. The van der Waals surface area contributed by atoms with Crippen LogP contribution in [0.25, 0.3) is 0 Å². The van der Waals surface area contributed by atoms with Crippen molar-refractivity contribution in [3.05, 3.63) is 55.2 Å². The Balaban J connectivity index is 2.35. The number of para-hydroxylation sites is 1. The molecule has 0 saturated carbocycles. The fourth-order valence-corrected chi connectivity index (χ4v) is 2.44. The van der Waals surface area contributed by atoms with Crippen molar-refractivity contribution in [1.82, 2.24) is 0 Å². The average molecular weight is 447 g/mol. The second-order valence-electron chi connectivity index (χ2n) is 3.29. The van der Waals surface area contributed by atoms with E-state index in [0.717, 1.165) is 18.6 Å². The van der Waals surface area contributed by atoms with E-state index in [4.69, 9.17) is 10.00 Å². The molecular formula is C13H7I2NO. The first-order valence-electron chi connectivity index (χ1n) is 4.83. The molecule has 84 valence electrons. The number of ether oxygens (including phenoxy) is 1. The van der Waals surface area contributed by atoms with Gasteiger partial charge in [0.2, 0.25) is 0 Å². The van der Waals surface area contributed by atoms with Crippen molar-refractivity contribution in [3.8, 4) is 17.6 Å². The van der Waals surface area contributed by atoms with Crippen LogP contribution in [0.15, 0.2) is 42.5 Å². The molecule has 2 aromatic carbocycles. The zero-order valence-corrected chi connectivity index (χ0v) is 13.0. The van der Waals surface area contributed by atoms with Crippen molar-refractivity contribution < 1.29 is 4.74 Å². The minimum atomic E-state index is 0.676. The summed E-state index contributed by atoms with van der Waals surface area (Å²) in [7, 11) is 0. The molecule has 0 aromatic heterocycles. The summed E-state index contributed by atoms with van der Waals surface area (Å²) in [6.07, 6.45) is 0. The molecule has 0 fully saturated rings. The highest BCUT2D eigenvalue weighted by atomic mass is 127. The Kier molecular flexibility index (Phi) is 4.23. The van der Waals surface area contributed by atoms with Gasteiger partial charge in [-0.3, -0.25) is 0 Å². The normalized spacial score (nSPS) is 9.71. The number of hydrogen-bond donors (Lipinski definition) is 0. The van der Waals surface area contributed by atoms with Gasteiger partial charge in [-0.1, -0.05) is 18.2 Å². The van der Waals surface area contributed by atoms with Crippen LogP contribution in [0.1, 0.15) is 5.56 Å². The predicted octanol–water partition coefficient (Wildman–Crippen LogP) is 4.56.